The van der Waals surface area contributed by atoms with E-state index in [9.17, 15) is 4.79 Å². The highest BCUT2D eigenvalue weighted by Gasteiger charge is 2.21. The summed E-state index contributed by atoms with van der Waals surface area (Å²) < 4.78 is 0. The molecule has 0 aromatic heterocycles. The molecule has 2 nitrogen and oxygen atoms in total. The lowest BCUT2D eigenvalue weighted by Crippen LogP contribution is -2.47. The molecule has 0 spiro atoms. The monoisotopic (exact) mass is 227 g/mol. The molecular formula is C14H29NO. The zero-order valence-corrected chi connectivity index (χ0v) is 11.7. The smallest absolute Gasteiger partial charge is 0.149 e. The standard InChI is InChI=1S/C14H29NO/c1-6-8-9-10-11-12(13(16)7-2)15-14(3,4)5/h12,15H,6-11H2,1-5H3. The van der Waals surface area contributed by atoms with Crippen molar-refractivity contribution in [2.45, 2.75) is 84.7 Å². The summed E-state index contributed by atoms with van der Waals surface area (Å²) in [5.41, 5.74) is 0.0280. The Balaban J connectivity index is 4.06. The van der Waals surface area contributed by atoms with Crippen molar-refractivity contribution >= 4 is 5.78 Å². The van der Waals surface area contributed by atoms with E-state index < -0.39 is 0 Å². The van der Waals surface area contributed by atoms with Crippen molar-refractivity contribution < 1.29 is 4.79 Å². The molecule has 0 heterocycles. The van der Waals surface area contributed by atoms with Gasteiger partial charge in [-0.1, -0.05) is 39.5 Å². The maximum Gasteiger partial charge on any atom is 0.149 e. The lowest BCUT2D eigenvalue weighted by atomic mass is 9.98. The fourth-order valence-electron chi connectivity index (χ4n) is 1.86. The maximum atomic E-state index is 11.8. The second kappa shape index (κ2) is 7.83. The molecule has 0 saturated carbocycles. The molecule has 1 N–H and O–H groups in total. The number of carbonyl (C=O) groups is 1. The van der Waals surface area contributed by atoms with E-state index in [0.717, 1.165) is 12.8 Å². The predicted molar refractivity (Wildman–Crippen MR) is 70.7 cm³/mol. The fraction of sp³-hybridized carbons (Fsp3) is 0.929. The third-order valence-corrected chi connectivity index (χ3v) is 2.69. The minimum atomic E-state index is 0.0280. The van der Waals surface area contributed by atoms with Gasteiger partial charge in [0.05, 0.1) is 6.04 Å². The number of hydrogen-bond acceptors (Lipinski definition) is 2. The van der Waals surface area contributed by atoms with Gasteiger partial charge < -0.3 is 5.32 Å². The summed E-state index contributed by atoms with van der Waals surface area (Å²) in [7, 11) is 0. The van der Waals surface area contributed by atoms with Crippen molar-refractivity contribution in [2.75, 3.05) is 0 Å². The van der Waals surface area contributed by atoms with Crippen LogP contribution in [-0.4, -0.2) is 17.4 Å². The molecule has 0 saturated heterocycles. The van der Waals surface area contributed by atoms with Crippen molar-refractivity contribution in [3.63, 3.8) is 0 Å². The van der Waals surface area contributed by atoms with Crippen LogP contribution in [0.2, 0.25) is 0 Å². The van der Waals surface area contributed by atoms with E-state index in [1.165, 1.54) is 19.3 Å². The summed E-state index contributed by atoms with van der Waals surface area (Å²) in [6.45, 7) is 10.5. The molecule has 0 aliphatic carbocycles. The Morgan fingerprint density at radius 3 is 2.19 bits per heavy atom. The first-order valence-electron chi connectivity index (χ1n) is 6.71. The normalized spacial score (nSPS) is 13.8. The first kappa shape index (κ1) is 15.6. The quantitative estimate of drug-likeness (QED) is 0.641. The van der Waals surface area contributed by atoms with E-state index in [4.69, 9.17) is 0 Å². The highest BCUT2D eigenvalue weighted by atomic mass is 16.1. The molecular weight excluding hydrogens is 198 g/mol. The molecule has 0 rings (SSSR count). The summed E-state index contributed by atoms with van der Waals surface area (Å²) >= 11 is 0. The molecule has 0 fully saturated rings. The molecule has 1 unspecified atom stereocenters. The zero-order chi connectivity index (χ0) is 12.6. The topological polar surface area (TPSA) is 29.1 Å². The molecule has 0 aliphatic rings. The fourth-order valence-corrected chi connectivity index (χ4v) is 1.86. The second-order valence-corrected chi connectivity index (χ2v) is 5.62. The van der Waals surface area contributed by atoms with Crippen LogP contribution in [0.4, 0.5) is 0 Å². The highest BCUT2D eigenvalue weighted by molar-refractivity contribution is 5.83. The summed E-state index contributed by atoms with van der Waals surface area (Å²) in [5.74, 6) is 0.353. The van der Waals surface area contributed by atoms with Gasteiger partial charge in [0.25, 0.3) is 0 Å². The molecule has 1 atom stereocenters. The van der Waals surface area contributed by atoms with Gasteiger partial charge in [0.1, 0.15) is 5.78 Å². The van der Waals surface area contributed by atoms with Crippen LogP contribution in [-0.2, 0) is 4.79 Å². The van der Waals surface area contributed by atoms with E-state index >= 15 is 0 Å². The number of carbonyl (C=O) groups excluding carboxylic acids is 1. The van der Waals surface area contributed by atoms with Crippen LogP contribution < -0.4 is 5.32 Å². The number of Topliss-reactive ketones (excluding diaryl/α,β-unsaturated/α-hetero) is 1. The Morgan fingerprint density at radius 2 is 1.75 bits per heavy atom. The number of unbranched alkanes of at least 4 members (excludes halogenated alkanes) is 3. The van der Waals surface area contributed by atoms with Gasteiger partial charge in [-0.3, -0.25) is 4.79 Å². The first-order chi connectivity index (χ1) is 7.40. The van der Waals surface area contributed by atoms with Gasteiger partial charge in [-0.25, -0.2) is 0 Å². The number of ketones is 1. The van der Waals surface area contributed by atoms with Crippen LogP contribution in [0.3, 0.4) is 0 Å². The second-order valence-electron chi connectivity index (χ2n) is 5.62. The molecule has 0 bridgehead atoms. The van der Waals surface area contributed by atoms with Gasteiger partial charge in [0.15, 0.2) is 0 Å². The van der Waals surface area contributed by atoms with Gasteiger partial charge in [-0.15, -0.1) is 0 Å². The molecule has 2 heteroatoms. The third kappa shape index (κ3) is 7.86. The van der Waals surface area contributed by atoms with Crippen molar-refractivity contribution in [2.24, 2.45) is 0 Å². The van der Waals surface area contributed by atoms with Crippen LogP contribution in [0.5, 0.6) is 0 Å². The number of rotatable bonds is 8. The zero-order valence-electron chi connectivity index (χ0n) is 11.7. The molecule has 0 radical (unpaired) electrons. The van der Waals surface area contributed by atoms with Gasteiger partial charge in [-0.05, 0) is 27.2 Å². The molecule has 0 aromatic carbocycles. The van der Waals surface area contributed by atoms with Gasteiger partial charge in [0, 0.05) is 12.0 Å². The van der Waals surface area contributed by atoms with E-state index in [1.807, 2.05) is 6.92 Å². The van der Waals surface area contributed by atoms with Crippen molar-refractivity contribution in [3.05, 3.63) is 0 Å². The summed E-state index contributed by atoms with van der Waals surface area (Å²) in [5, 5.41) is 3.43. The van der Waals surface area contributed by atoms with Gasteiger partial charge >= 0.3 is 0 Å². The summed E-state index contributed by atoms with van der Waals surface area (Å²) in [6.07, 6.45) is 6.57. The SMILES string of the molecule is CCCCCCC(NC(C)(C)C)C(=O)CC. The third-order valence-electron chi connectivity index (χ3n) is 2.69. The van der Waals surface area contributed by atoms with E-state index in [2.05, 4.69) is 33.0 Å². The van der Waals surface area contributed by atoms with Crippen molar-refractivity contribution in [1.82, 2.24) is 5.32 Å². The minimum absolute atomic E-state index is 0.0280. The molecule has 0 aromatic rings. The van der Waals surface area contributed by atoms with Crippen LogP contribution >= 0.6 is 0 Å². The first-order valence-corrected chi connectivity index (χ1v) is 6.71. The average molecular weight is 227 g/mol. The Morgan fingerprint density at radius 1 is 1.12 bits per heavy atom. The average Bonchev–Trinajstić information content (AvgIpc) is 2.19. The molecule has 16 heavy (non-hydrogen) atoms. The Kier molecular flexibility index (Phi) is 7.65. The number of hydrogen-bond donors (Lipinski definition) is 1. The van der Waals surface area contributed by atoms with Crippen LogP contribution in [0.25, 0.3) is 0 Å². The van der Waals surface area contributed by atoms with E-state index in [-0.39, 0.29) is 11.6 Å². The highest BCUT2D eigenvalue weighted by Crippen LogP contribution is 2.11. The van der Waals surface area contributed by atoms with Crippen LogP contribution in [0.1, 0.15) is 73.1 Å². The molecule has 0 amide bonds. The van der Waals surface area contributed by atoms with Crippen LogP contribution in [0.15, 0.2) is 0 Å². The summed E-state index contributed by atoms with van der Waals surface area (Å²) in [4.78, 5) is 11.8. The predicted octanol–water partition coefficient (Wildman–Crippen LogP) is 3.69. The largest absolute Gasteiger partial charge is 0.303 e. The number of nitrogens with one attached hydrogen (secondary N) is 1. The van der Waals surface area contributed by atoms with E-state index in [0.29, 0.717) is 12.2 Å². The van der Waals surface area contributed by atoms with Gasteiger partial charge in [-0.2, -0.15) is 0 Å². The molecule has 96 valence electrons. The summed E-state index contributed by atoms with van der Waals surface area (Å²) in [6, 6.07) is 0.0573. The minimum Gasteiger partial charge on any atom is -0.303 e. The molecule has 0 aliphatic heterocycles. The lowest BCUT2D eigenvalue weighted by Gasteiger charge is -2.27. The van der Waals surface area contributed by atoms with Crippen LogP contribution in [0, 0.1) is 0 Å². The van der Waals surface area contributed by atoms with Crippen molar-refractivity contribution in [1.29, 1.82) is 0 Å². The Labute approximate surface area is 101 Å². The lowest BCUT2D eigenvalue weighted by molar-refractivity contribution is -0.121. The van der Waals surface area contributed by atoms with E-state index in [1.54, 1.807) is 0 Å². The maximum absolute atomic E-state index is 11.8. The Hall–Kier alpha value is -0.370. The van der Waals surface area contributed by atoms with Gasteiger partial charge in [0.2, 0.25) is 0 Å². The van der Waals surface area contributed by atoms with Crippen molar-refractivity contribution in [3.8, 4) is 0 Å². The Bertz CT molecular complexity index is 193.